The van der Waals surface area contributed by atoms with E-state index < -0.39 is 6.10 Å². The van der Waals surface area contributed by atoms with E-state index >= 15 is 0 Å². The maximum Gasteiger partial charge on any atom is 0.123 e. The number of hydrogen-bond acceptors (Lipinski definition) is 5. The highest BCUT2D eigenvalue weighted by molar-refractivity contribution is 7.14. The number of ether oxygens (including phenoxy) is 1. The van der Waals surface area contributed by atoms with Crippen LogP contribution in [0.15, 0.2) is 71.7 Å². The number of aliphatic hydroxyl groups excluding tert-OH is 1. The van der Waals surface area contributed by atoms with Crippen LogP contribution in [0.25, 0.3) is 10.4 Å². The molecule has 0 aliphatic heterocycles. The first kappa shape index (κ1) is 18.2. The normalized spacial score (nSPS) is 12.1. The van der Waals surface area contributed by atoms with Gasteiger partial charge in [-0.3, -0.25) is 4.98 Å². The molecule has 0 spiro atoms. The average Bonchev–Trinajstić information content (AvgIpc) is 3.37. The standard InChI is InChI=1S/C21H16ClNO2S2/c22-15-5-7-16(8-6-15)25-12-19-20(21(24)14-3-1-9-23-11-14)17(13-27-19)18-4-2-10-26-18/h1-11,13,21,24H,12H2. The fourth-order valence-electron chi connectivity index (χ4n) is 2.83. The number of aliphatic hydroxyl groups is 1. The Morgan fingerprint density at radius 3 is 2.63 bits per heavy atom. The van der Waals surface area contributed by atoms with E-state index in [2.05, 4.69) is 16.4 Å². The van der Waals surface area contributed by atoms with Gasteiger partial charge in [0.25, 0.3) is 0 Å². The molecule has 0 saturated carbocycles. The second-order valence-electron chi connectivity index (χ2n) is 5.90. The highest BCUT2D eigenvalue weighted by atomic mass is 35.5. The molecule has 3 aromatic heterocycles. The first-order valence-electron chi connectivity index (χ1n) is 8.33. The molecule has 4 aromatic rings. The molecule has 6 heteroatoms. The second kappa shape index (κ2) is 8.23. The number of pyridine rings is 1. The van der Waals surface area contributed by atoms with Gasteiger partial charge in [0.15, 0.2) is 0 Å². The molecule has 0 aliphatic carbocycles. The smallest absolute Gasteiger partial charge is 0.123 e. The zero-order valence-electron chi connectivity index (χ0n) is 14.2. The lowest BCUT2D eigenvalue weighted by atomic mass is 9.99. The lowest BCUT2D eigenvalue weighted by Gasteiger charge is -2.15. The van der Waals surface area contributed by atoms with Crippen molar-refractivity contribution >= 4 is 34.3 Å². The van der Waals surface area contributed by atoms with Crippen LogP contribution in [0.1, 0.15) is 22.1 Å². The maximum atomic E-state index is 11.1. The van der Waals surface area contributed by atoms with Gasteiger partial charge in [-0.25, -0.2) is 0 Å². The van der Waals surface area contributed by atoms with Gasteiger partial charge in [-0.1, -0.05) is 23.7 Å². The van der Waals surface area contributed by atoms with Crippen LogP contribution in [0.2, 0.25) is 5.02 Å². The Bertz CT molecular complexity index is 999. The number of halogens is 1. The Balaban J connectivity index is 1.67. The summed E-state index contributed by atoms with van der Waals surface area (Å²) in [6.07, 6.45) is 2.64. The Kier molecular flexibility index (Phi) is 5.55. The lowest BCUT2D eigenvalue weighted by Crippen LogP contribution is -2.05. The Morgan fingerprint density at radius 1 is 1.07 bits per heavy atom. The molecule has 27 heavy (non-hydrogen) atoms. The van der Waals surface area contributed by atoms with E-state index in [9.17, 15) is 5.11 Å². The van der Waals surface area contributed by atoms with Crippen molar-refractivity contribution in [2.75, 3.05) is 0 Å². The van der Waals surface area contributed by atoms with Crippen molar-refractivity contribution in [1.82, 2.24) is 4.98 Å². The molecular formula is C21H16ClNO2S2. The van der Waals surface area contributed by atoms with Gasteiger partial charge in [0, 0.05) is 49.2 Å². The Labute approximate surface area is 170 Å². The lowest BCUT2D eigenvalue weighted by molar-refractivity contribution is 0.216. The Morgan fingerprint density at radius 2 is 1.93 bits per heavy atom. The van der Waals surface area contributed by atoms with Crippen LogP contribution >= 0.6 is 34.3 Å². The van der Waals surface area contributed by atoms with E-state index in [1.807, 2.05) is 35.7 Å². The van der Waals surface area contributed by atoms with Crippen molar-refractivity contribution < 1.29 is 9.84 Å². The van der Waals surface area contributed by atoms with Crippen LogP contribution in [-0.2, 0) is 6.61 Å². The number of aromatic nitrogens is 1. The van der Waals surface area contributed by atoms with E-state index in [-0.39, 0.29) is 0 Å². The molecule has 1 atom stereocenters. The summed E-state index contributed by atoms with van der Waals surface area (Å²) < 4.78 is 5.93. The summed E-state index contributed by atoms with van der Waals surface area (Å²) in [5.74, 6) is 0.743. The van der Waals surface area contributed by atoms with Crippen molar-refractivity contribution in [3.05, 3.63) is 92.7 Å². The third-order valence-corrected chi connectivity index (χ3v) is 6.28. The number of rotatable bonds is 6. The van der Waals surface area contributed by atoms with E-state index in [1.165, 1.54) is 0 Å². The maximum absolute atomic E-state index is 11.1. The van der Waals surface area contributed by atoms with E-state index in [4.69, 9.17) is 16.3 Å². The van der Waals surface area contributed by atoms with Crippen LogP contribution < -0.4 is 4.74 Å². The number of benzene rings is 1. The minimum Gasteiger partial charge on any atom is -0.488 e. The van der Waals surface area contributed by atoms with Crippen molar-refractivity contribution in [3.63, 3.8) is 0 Å². The van der Waals surface area contributed by atoms with Gasteiger partial charge in [-0.05, 0) is 41.8 Å². The summed E-state index contributed by atoms with van der Waals surface area (Å²) in [7, 11) is 0. The minimum atomic E-state index is -0.758. The van der Waals surface area contributed by atoms with E-state index in [1.54, 1.807) is 47.2 Å². The predicted molar refractivity (Wildman–Crippen MR) is 112 cm³/mol. The zero-order valence-corrected chi connectivity index (χ0v) is 16.6. The molecule has 0 fully saturated rings. The molecule has 1 unspecified atom stereocenters. The predicted octanol–water partition coefficient (Wildman–Crippen LogP) is 6.19. The average molecular weight is 414 g/mol. The molecule has 4 rings (SSSR count). The van der Waals surface area contributed by atoms with Crippen LogP contribution in [0.5, 0.6) is 5.75 Å². The summed E-state index contributed by atoms with van der Waals surface area (Å²) in [6, 6.07) is 15.1. The van der Waals surface area contributed by atoms with Gasteiger partial charge >= 0.3 is 0 Å². The second-order valence-corrected chi connectivity index (χ2v) is 8.24. The molecule has 3 heterocycles. The topological polar surface area (TPSA) is 42.4 Å². The summed E-state index contributed by atoms with van der Waals surface area (Å²) >= 11 is 9.18. The summed E-state index contributed by atoms with van der Waals surface area (Å²) in [6.45, 7) is 0.379. The Hall–Kier alpha value is -2.18. The fourth-order valence-corrected chi connectivity index (χ4v) is 4.77. The molecule has 136 valence electrons. The van der Waals surface area contributed by atoms with Crippen LogP contribution in [0, 0.1) is 0 Å². The number of thiophene rings is 2. The SMILES string of the molecule is OC(c1cccnc1)c1c(-c2cccs2)csc1COc1ccc(Cl)cc1. The molecular weight excluding hydrogens is 398 g/mol. The number of hydrogen-bond donors (Lipinski definition) is 1. The van der Waals surface area contributed by atoms with Crippen molar-refractivity contribution in [1.29, 1.82) is 0 Å². The highest BCUT2D eigenvalue weighted by Crippen LogP contribution is 2.40. The van der Waals surface area contributed by atoms with Gasteiger partial charge in [0.1, 0.15) is 18.5 Å². The first-order chi connectivity index (χ1) is 13.2. The molecule has 1 N–H and O–H groups in total. The first-order valence-corrected chi connectivity index (χ1v) is 10.5. The van der Waals surface area contributed by atoms with Crippen LogP contribution in [0.3, 0.4) is 0 Å². The summed E-state index contributed by atoms with van der Waals surface area (Å²) in [4.78, 5) is 6.26. The quantitative estimate of drug-likeness (QED) is 0.410. The van der Waals surface area contributed by atoms with E-state index in [0.717, 1.165) is 32.2 Å². The highest BCUT2D eigenvalue weighted by Gasteiger charge is 2.23. The molecule has 0 amide bonds. The third-order valence-electron chi connectivity index (χ3n) is 4.15. The van der Waals surface area contributed by atoms with Gasteiger partial charge < -0.3 is 9.84 Å². The largest absolute Gasteiger partial charge is 0.488 e. The van der Waals surface area contributed by atoms with Crippen molar-refractivity contribution in [2.45, 2.75) is 12.7 Å². The molecule has 0 aliphatic rings. The molecule has 0 saturated heterocycles. The van der Waals surface area contributed by atoms with Gasteiger partial charge in [0.2, 0.25) is 0 Å². The zero-order chi connectivity index (χ0) is 18.6. The third kappa shape index (κ3) is 4.06. The fraction of sp³-hybridized carbons (Fsp3) is 0.0952. The van der Waals surface area contributed by atoms with Crippen LogP contribution in [-0.4, -0.2) is 10.1 Å². The van der Waals surface area contributed by atoms with E-state index in [0.29, 0.717) is 11.6 Å². The molecule has 0 radical (unpaired) electrons. The van der Waals surface area contributed by atoms with Crippen LogP contribution in [0.4, 0.5) is 0 Å². The van der Waals surface area contributed by atoms with Crippen molar-refractivity contribution in [3.8, 4) is 16.2 Å². The van der Waals surface area contributed by atoms with Gasteiger partial charge in [-0.15, -0.1) is 22.7 Å². The summed E-state index contributed by atoms with van der Waals surface area (Å²) in [5, 5.41) is 15.9. The van der Waals surface area contributed by atoms with Gasteiger partial charge in [-0.2, -0.15) is 0 Å². The monoisotopic (exact) mass is 413 g/mol. The van der Waals surface area contributed by atoms with Crippen molar-refractivity contribution in [2.24, 2.45) is 0 Å². The molecule has 3 nitrogen and oxygen atoms in total. The molecule has 0 bridgehead atoms. The number of nitrogens with zero attached hydrogens (tertiary/aromatic N) is 1. The summed E-state index contributed by atoms with van der Waals surface area (Å²) in [5.41, 5.74) is 2.69. The molecule has 1 aromatic carbocycles. The van der Waals surface area contributed by atoms with Gasteiger partial charge in [0.05, 0.1) is 0 Å². The minimum absolute atomic E-state index is 0.379.